The maximum atomic E-state index is 12.8. The van der Waals surface area contributed by atoms with Gasteiger partial charge >= 0.3 is 0 Å². The molecule has 0 saturated heterocycles. The molecule has 1 aromatic carbocycles. The van der Waals surface area contributed by atoms with Crippen molar-refractivity contribution in [3.8, 4) is 17.2 Å². The molecule has 3 aromatic rings. The number of benzene rings is 1. The number of carbonyl (C=O) groups is 1. The van der Waals surface area contributed by atoms with Gasteiger partial charge in [0.15, 0.2) is 0 Å². The van der Waals surface area contributed by atoms with Crippen LogP contribution in [0.3, 0.4) is 0 Å². The van der Waals surface area contributed by atoms with Gasteiger partial charge in [0.05, 0.1) is 30.0 Å². The summed E-state index contributed by atoms with van der Waals surface area (Å²) in [5.41, 5.74) is 2.71. The summed E-state index contributed by atoms with van der Waals surface area (Å²) in [6.07, 6.45) is 1.68. The van der Waals surface area contributed by atoms with Gasteiger partial charge in [-0.2, -0.15) is 4.98 Å². The van der Waals surface area contributed by atoms with E-state index >= 15 is 0 Å². The van der Waals surface area contributed by atoms with E-state index in [0.717, 1.165) is 24.5 Å². The summed E-state index contributed by atoms with van der Waals surface area (Å²) in [4.78, 5) is 25.6. The van der Waals surface area contributed by atoms with Crippen molar-refractivity contribution in [1.29, 1.82) is 0 Å². The van der Waals surface area contributed by atoms with Gasteiger partial charge in [0.2, 0.25) is 11.7 Å². The van der Waals surface area contributed by atoms with Crippen LogP contribution in [0.25, 0.3) is 17.2 Å². The number of hydrogen-bond donors (Lipinski definition) is 0. The number of rotatable bonds is 5. The fraction of sp³-hybridized carbons (Fsp3) is 0.368. The molecule has 1 aliphatic rings. The number of aromatic nitrogens is 4. The predicted octanol–water partition coefficient (Wildman–Crippen LogP) is 3.42. The molecule has 0 N–H and O–H groups in total. The van der Waals surface area contributed by atoms with E-state index < -0.39 is 0 Å². The minimum atomic E-state index is -0.0949. The molecular weight excluding hydrogens is 415 g/mol. The molecule has 3 heterocycles. The number of amides is 1. The molecule has 0 atom stereocenters. The van der Waals surface area contributed by atoms with E-state index in [0.29, 0.717) is 41.1 Å². The normalized spacial score (nSPS) is 13.1. The van der Waals surface area contributed by atoms with Crippen molar-refractivity contribution < 1.29 is 9.32 Å². The number of halogens is 2. The second-order valence-electron chi connectivity index (χ2n) is 6.71. The Balaban J connectivity index is 0.00000240. The molecule has 29 heavy (non-hydrogen) atoms. The summed E-state index contributed by atoms with van der Waals surface area (Å²) < 4.78 is 7.32. The lowest BCUT2D eigenvalue weighted by Crippen LogP contribution is -2.25. The van der Waals surface area contributed by atoms with Crippen LogP contribution in [-0.4, -0.2) is 55.5 Å². The standard InChI is InChI=1S/C19H21ClN6O2.ClH/c1-4-25(5-2)10-16-22-18(23-28-16)17-15-9-24(3)19(27)13-8-12(20)6-7-14(13)26(15)11-21-17;/h6-8,11H,4-5,9-10H2,1-3H3;1H. The first-order valence-electron chi connectivity index (χ1n) is 9.18. The summed E-state index contributed by atoms with van der Waals surface area (Å²) in [7, 11) is 1.75. The first-order valence-corrected chi connectivity index (χ1v) is 9.56. The Hall–Kier alpha value is -2.42. The Kier molecular flexibility index (Phi) is 6.26. The van der Waals surface area contributed by atoms with E-state index in [1.807, 2.05) is 10.6 Å². The molecule has 1 amide bonds. The second-order valence-corrected chi connectivity index (χ2v) is 7.14. The van der Waals surface area contributed by atoms with Crippen LogP contribution in [0.2, 0.25) is 5.02 Å². The van der Waals surface area contributed by atoms with Crippen LogP contribution in [0.1, 0.15) is 35.8 Å². The minimum Gasteiger partial charge on any atom is -0.337 e. The van der Waals surface area contributed by atoms with Crippen LogP contribution >= 0.6 is 24.0 Å². The van der Waals surface area contributed by atoms with Crippen molar-refractivity contribution in [2.75, 3.05) is 20.1 Å². The third-order valence-corrected chi connectivity index (χ3v) is 5.22. The smallest absolute Gasteiger partial charge is 0.256 e. The fourth-order valence-corrected chi connectivity index (χ4v) is 3.54. The topological polar surface area (TPSA) is 80.3 Å². The third kappa shape index (κ3) is 3.88. The van der Waals surface area contributed by atoms with Crippen molar-refractivity contribution in [3.05, 3.63) is 46.7 Å². The Labute approximate surface area is 179 Å². The lowest BCUT2D eigenvalue weighted by atomic mass is 10.1. The van der Waals surface area contributed by atoms with Crippen LogP contribution in [0.5, 0.6) is 0 Å². The largest absolute Gasteiger partial charge is 0.337 e. The summed E-state index contributed by atoms with van der Waals surface area (Å²) in [6.45, 7) is 6.95. The SMILES string of the molecule is CCN(CC)Cc1nc(-c2ncn3c2CN(C)C(=O)c2cc(Cl)ccc2-3)no1.Cl. The van der Waals surface area contributed by atoms with E-state index in [9.17, 15) is 4.79 Å². The molecule has 0 unspecified atom stereocenters. The molecule has 0 spiro atoms. The van der Waals surface area contributed by atoms with E-state index in [2.05, 4.69) is 33.9 Å². The Morgan fingerprint density at radius 1 is 1.28 bits per heavy atom. The van der Waals surface area contributed by atoms with Gasteiger partial charge in [-0.25, -0.2) is 4.98 Å². The lowest BCUT2D eigenvalue weighted by molar-refractivity contribution is 0.0788. The highest BCUT2D eigenvalue weighted by molar-refractivity contribution is 6.31. The average molecular weight is 437 g/mol. The van der Waals surface area contributed by atoms with Crippen molar-refractivity contribution in [2.24, 2.45) is 0 Å². The van der Waals surface area contributed by atoms with Crippen LogP contribution in [0.15, 0.2) is 29.0 Å². The Morgan fingerprint density at radius 2 is 2.03 bits per heavy atom. The van der Waals surface area contributed by atoms with Crippen molar-refractivity contribution >= 4 is 29.9 Å². The number of fused-ring (bicyclic) bond motifs is 3. The van der Waals surface area contributed by atoms with Crippen molar-refractivity contribution in [1.82, 2.24) is 29.5 Å². The molecule has 154 valence electrons. The lowest BCUT2D eigenvalue weighted by Gasteiger charge is -2.14. The van der Waals surface area contributed by atoms with Gasteiger partial charge in [-0.15, -0.1) is 12.4 Å². The first kappa shape index (κ1) is 21.3. The number of hydrogen-bond acceptors (Lipinski definition) is 6. The summed E-state index contributed by atoms with van der Waals surface area (Å²) >= 11 is 6.11. The first-order chi connectivity index (χ1) is 13.5. The van der Waals surface area contributed by atoms with Gasteiger partial charge in [-0.3, -0.25) is 14.3 Å². The summed E-state index contributed by atoms with van der Waals surface area (Å²) in [5.74, 6) is 0.877. The highest BCUT2D eigenvalue weighted by atomic mass is 35.5. The van der Waals surface area contributed by atoms with Gasteiger partial charge < -0.3 is 9.42 Å². The van der Waals surface area contributed by atoms with E-state index in [1.165, 1.54) is 0 Å². The molecule has 1 aliphatic heterocycles. The summed E-state index contributed by atoms with van der Waals surface area (Å²) in [6, 6.07) is 5.27. The molecule has 0 radical (unpaired) electrons. The van der Waals surface area contributed by atoms with Crippen LogP contribution in [0.4, 0.5) is 0 Å². The highest BCUT2D eigenvalue weighted by Gasteiger charge is 2.28. The minimum absolute atomic E-state index is 0. The zero-order valence-corrected chi connectivity index (χ0v) is 18.0. The van der Waals surface area contributed by atoms with Crippen molar-refractivity contribution in [2.45, 2.75) is 26.9 Å². The van der Waals surface area contributed by atoms with Gasteiger partial charge in [-0.1, -0.05) is 30.6 Å². The van der Waals surface area contributed by atoms with Gasteiger partial charge in [0.25, 0.3) is 5.91 Å². The zero-order chi connectivity index (χ0) is 19.8. The highest BCUT2D eigenvalue weighted by Crippen LogP contribution is 2.30. The van der Waals surface area contributed by atoms with E-state index in [4.69, 9.17) is 16.1 Å². The number of imidazole rings is 1. The van der Waals surface area contributed by atoms with Crippen LogP contribution in [-0.2, 0) is 13.1 Å². The maximum Gasteiger partial charge on any atom is 0.256 e. The van der Waals surface area contributed by atoms with Crippen LogP contribution in [0, 0.1) is 0 Å². The number of nitrogens with zero attached hydrogens (tertiary/aromatic N) is 6. The molecule has 2 aromatic heterocycles. The molecule has 0 bridgehead atoms. The Bertz CT molecular complexity index is 1030. The van der Waals surface area contributed by atoms with Crippen molar-refractivity contribution in [3.63, 3.8) is 0 Å². The number of carbonyl (C=O) groups excluding carboxylic acids is 1. The Morgan fingerprint density at radius 3 is 2.76 bits per heavy atom. The summed E-state index contributed by atoms with van der Waals surface area (Å²) in [5, 5.41) is 4.64. The monoisotopic (exact) mass is 436 g/mol. The molecular formula is C19H22Cl2N6O2. The predicted molar refractivity (Wildman–Crippen MR) is 112 cm³/mol. The van der Waals surface area contributed by atoms with Gasteiger partial charge in [0.1, 0.15) is 12.0 Å². The van der Waals surface area contributed by atoms with E-state index in [-0.39, 0.29) is 18.3 Å². The molecule has 4 rings (SSSR count). The third-order valence-electron chi connectivity index (χ3n) is 4.98. The second kappa shape index (κ2) is 8.52. The zero-order valence-electron chi connectivity index (χ0n) is 16.4. The molecule has 0 aliphatic carbocycles. The quantitative estimate of drug-likeness (QED) is 0.609. The molecule has 8 nitrogen and oxygen atoms in total. The average Bonchev–Trinajstić information content (AvgIpc) is 3.30. The van der Waals surface area contributed by atoms with Gasteiger partial charge in [0, 0.05) is 12.1 Å². The molecule has 10 heteroatoms. The van der Waals surface area contributed by atoms with Crippen LogP contribution < -0.4 is 0 Å². The van der Waals surface area contributed by atoms with Gasteiger partial charge in [-0.05, 0) is 31.3 Å². The molecule has 0 fully saturated rings. The maximum absolute atomic E-state index is 12.8. The van der Waals surface area contributed by atoms with E-state index in [1.54, 1.807) is 30.4 Å². The fourth-order valence-electron chi connectivity index (χ4n) is 3.36. The molecule has 0 saturated carbocycles.